The van der Waals surface area contributed by atoms with Gasteiger partial charge < -0.3 is 10.3 Å². The van der Waals surface area contributed by atoms with Crippen molar-refractivity contribution in [2.45, 2.75) is 6.54 Å². The van der Waals surface area contributed by atoms with Crippen LogP contribution in [0.4, 0.5) is 10.2 Å². The number of H-pyrrole nitrogens is 1. The molecule has 0 atom stereocenters. The van der Waals surface area contributed by atoms with E-state index in [2.05, 4.69) is 25.3 Å². The third-order valence-corrected chi connectivity index (χ3v) is 3.01. The average molecular weight is 294 g/mol. The Morgan fingerprint density at radius 1 is 1.14 bits per heavy atom. The van der Waals surface area contributed by atoms with Crippen LogP contribution >= 0.6 is 0 Å². The zero-order valence-corrected chi connectivity index (χ0v) is 11.4. The first-order valence-electron chi connectivity index (χ1n) is 6.51. The van der Waals surface area contributed by atoms with Crippen LogP contribution in [-0.2, 0) is 6.54 Å². The summed E-state index contributed by atoms with van der Waals surface area (Å²) in [5, 5.41) is 11.9. The molecule has 0 unspecified atom stereocenters. The lowest BCUT2D eigenvalue weighted by atomic mass is 10.2. The van der Waals surface area contributed by atoms with Gasteiger partial charge in [0.05, 0.1) is 18.4 Å². The molecule has 6 nitrogen and oxygen atoms in total. The molecule has 3 aromatic rings. The third-order valence-electron chi connectivity index (χ3n) is 3.01. The maximum atomic E-state index is 12.9. The number of aromatic nitrogens is 4. The molecule has 0 spiro atoms. The van der Waals surface area contributed by atoms with Gasteiger partial charge in [-0.1, -0.05) is 0 Å². The molecule has 2 heterocycles. The highest BCUT2D eigenvalue weighted by molar-refractivity contribution is 5.58. The summed E-state index contributed by atoms with van der Waals surface area (Å²) in [6.07, 6.45) is 4.64. The minimum absolute atomic E-state index is 0.229. The second-order valence-electron chi connectivity index (χ2n) is 4.47. The van der Waals surface area contributed by atoms with Gasteiger partial charge in [-0.15, -0.1) is 0 Å². The molecular weight excluding hydrogens is 283 g/mol. The van der Waals surface area contributed by atoms with E-state index in [1.165, 1.54) is 24.5 Å². The molecule has 0 saturated carbocycles. The highest BCUT2D eigenvalue weighted by atomic mass is 19.1. The Kier molecular flexibility index (Phi) is 3.74. The van der Waals surface area contributed by atoms with E-state index in [1.807, 2.05) is 6.07 Å². The van der Waals surface area contributed by atoms with E-state index in [-0.39, 0.29) is 11.5 Å². The third kappa shape index (κ3) is 2.91. The molecule has 0 aliphatic heterocycles. The first-order chi connectivity index (χ1) is 10.8. The Hall–Kier alpha value is -3.27. The Morgan fingerprint density at radius 3 is 2.68 bits per heavy atom. The van der Waals surface area contributed by atoms with Crippen molar-refractivity contribution in [1.29, 1.82) is 5.26 Å². The SMILES string of the molecule is N#Cc1nccnc1NCc1ncc(-c2ccc(F)cc2)[nH]1. The highest BCUT2D eigenvalue weighted by Crippen LogP contribution is 2.17. The van der Waals surface area contributed by atoms with E-state index in [1.54, 1.807) is 18.3 Å². The molecule has 0 fully saturated rings. The van der Waals surface area contributed by atoms with Crippen molar-refractivity contribution in [3.8, 4) is 17.3 Å². The molecule has 2 N–H and O–H groups in total. The van der Waals surface area contributed by atoms with Crippen LogP contribution in [0.5, 0.6) is 0 Å². The number of anilines is 1. The largest absolute Gasteiger partial charge is 0.360 e. The summed E-state index contributed by atoms with van der Waals surface area (Å²) in [6, 6.07) is 8.11. The monoisotopic (exact) mass is 294 g/mol. The van der Waals surface area contributed by atoms with Gasteiger partial charge in [0, 0.05) is 12.4 Å². The zero-order valence-electron chi connectivity index (χ0n) is 11.4. The van der Waals surface area contributed by atoms with E-state index in [9.17, 15) is 4.39 Å². The maximum Gasteiger partial charge on any atom is 0.182 e. The Labute approximate surface area is 125 Å². The van der Waals surface area contributed by atoms with Crippen molar-refractivity contribution in [3.05, 3.63) is 60.2 Å². The van der Waals surface area contributed by atoms with Crippen molar-refractivity contribution in [1.82, 2.24) is 19.9 Å². The predicted molar refractivity (Wildman–Crippen MR) is 78.1 cm³/mol. The van der Waals surface area contributed by atoms with Crippen molar-refractivity contribution in [2.24, 2.45) is 0 Å². The van der Waals surface area contributed by atoms with E-state index >= 15 is 0 Å². The van der Waals surface area contributed by atoms with Crippen LogP contribution < -0.4 is 5.32 Å². The van der Waals surface area contributed by atoms with Gasteiger partial charge in [0.25, 0.3) is 0 Å². The molecule has 0 amide bonds. The summed E-state index contributed by atoms with van der Waals surface area (Å²) in [5.74, 6) is 0.801. The molecule has 0 aliphatic rings. The molecule has 2 aromatic heterocycles. The lowest BCUT2D eigenvalue weighted by molar-refractivity contribution is 0.628. The van der Waals surface area contributed by atoms with Gasteiger partial charge in [-0.25, -0.2) is 19.3 Å². The summed E-state index contributed by atoms with van der Waals surface area (Å²) in [7, 11) is 0. The number of nitrogens with one attached hydrogen (secondary N) is 2. The molecule has 0 bridgehead atoms. The standard InChI is InChI=1S/C15H11FN6/c16-11-3-1-10(2-4-11)13-8-20-14(22-13)9-21-15-12(7-17)18-5-6-19-15/h1-6,8H,9H2,(H,19,21)(H,20,22). The van der Waals surface area contributed by atoms with Crippen molar-refractivity contribution in [3.63, 3.8) is 0 Å². The molecule has 108 valence electrons. The Morgan fingerprint density at radius 2 is 1.91 bits per heavy atom. The minimum atomic E-state index is -0.281. The van der Waals surface area contributed by atoms with Gasteiger partial charge in [0.1, 0.15) is 17.7 Å². The summed E-state index contributed by atoms with van der Waals surface area (Å²) in [4.78, 5) is 15.4. The average Bonchev–Trinajstić information content (AvgIpc) is 3.03. The fourth-order valence-corrected chi connectivity index (χ4v) is 1.95. The van der Waals surface area contributed by atoms with Gasteiger partial charge in [0.15, 0.2) is 11.5 Å². The van der Waals surface area contributed by atoms with Gasteiger partial charge in [-0.05, 0) is 29.8 Å². The summed E-state index contributed by atoms with van der Waals surface area (Å²) < 4.78 is 12.9. The lowest BCUT2D eigenvalue weighted by Crippen LogP contribution is -2.05. The molecular formula is C15H11FN6. The molecule has 0 radical (unpaired) electrons. The second kappa shape index (κ2) is 6.01. The van der Waals surface area contributed by atoms with E-state index in [0.717, 1.165) is 11.3 Å². The number of imidazole rings is 1. The molecule has 7 heteroatoms. The molecule has 22 heavy (non-hydrogen) atoms. The van der Waals surface area contributed by atoms with Crippen LogP contribution in [0, 0.1) is 17.1 Å². The normalized spacial score (nSPS) is 10.2. The van der Waals surface area contributed by atoms with E-state index in [0.29, 0.717) is 18.2 Å². The van der Waals surface area contributed by atoms with Gasteiger partial charge in [-0.2, -0.15) is 5.26 Å². The number of benzene rings is 1. The fraction of sp³-hybridized carbons (Fsp3) is 0.0667. The molecule has 3 rings (SSSR count). The second-order valence-corrected chi connectivity index (χ2v) is 4.47. The van der Waals surface area contributed by atoms with Crippen molar-refractivity contribution >= 4 is 5.82 Å². The van der Waals surface area contributed by atoms with Gasteiger partial charge in [-0.3, -0.25) is 0 Å². The minimum Gasteiger partial charge on any atom is -0.360 e. The fourth-order valence-electron chi connectivity index (χ4n) is 1.95. The number of rotatable bonds is 4. The van der Waals surface area contributed by atoms with Crippen LogP contribution in [-0.4, -0.2) is 19.9 Å². The van der Waals surface area contributed by atoms with E-state index < -0.39 is 0 Å². The molecule has 0 saturated heterocycles. The van der Waals surface area contributed by atoms with Crippen molar-refractivity contribution < 1.29 is 4.39 Å². The Balaban J connectivity index is 1.72. The van der Waals surface area contributed by atoms with Gasteiger partial charge in [0.2, 0.25) is 0 Å². The van der Waals surface area contributed by atoms with Crippen LogP contribution in [0.3, 0.4) is 0 Å². The number of hydrogen-bond acceptors (Lipinski definition) is 5. The van der Waals surface area contributed by atoms with Crippen LogP contribution in [0.15, 0.2) is 42.9 Å². The summed E-state index contributed by atoms with van der Waals surface area (Å²) in [5.41, 5.74) is 1.86. The highest BCUT2D eigenvalue weighted by Gasteiger charge is 2.06. The number of aromatic amines is 1. The van der Waals surface area contributed by atoms with Crippen LogP contribution in [0.25, 0.3) is 11.3 Å². The van der Waals surface area contributed by atoms with Crippen LogP contribution in [0.1, 0.15) is 11.5 Å². The lowest BCUT2D eigenvalue weighted by Gasteiger charge is -2.03. The zero-order chi connectivity index (χ0) is 15.4. The number of halogens is 1. The van der Waals surface area contributed by atoms with Crippen LogP contribution in [0.2, 0.25) is 0 Å². The first-order valence-corrected chi connectivity index (χ1v) is 6.51. The first kappa shape index (κ1) is 13.7. The summed E-state index contributed by atoms with van der Waals surface area (Å²) >= 11 is 0. The summed E-state index contributed by atoms with van der Waals surface area (Å²) in [6.45, 7) is 0.370. The quantitative estimate of drug-likeness (QED) is 0.771. The number of hydrogen-bond donors (Lipinski definition) is 2. The molecule has 1 aromatic carbocycles. The maximum absolute atomic E-state index is 12.9. The Bertz CT molecular complexity index is 819. The molecule has 0 aliphatic carbocycles. The number of nitriles is 1. The topological polar surface area (TPSA) is 90.3 Å². The van der Waals surface area contributed by atoms with Crippen molar-refractivity contribution in [2.75, 3.05) is 5.32 Å². The van der Waals surface area contributed by atoms with Gasteiger partial charge >= 0.3 is 0 Å². The van der Waals surface area contributed by atoms with E-state index in [4.69, 9.17) is 5.26 Å². The number of nitrogens with zero attached hydrogens (tertiary/aromatic N) is 4. The smallest absolute Gasteiger partial charge is 0.182 e. The predicted octanol–water partition coefficient (Wildman–Crippen LogP) is 2.49.